The lowest BCUT2D eigenvalue weighted by Crippen LogP contribution is -2.36. The Morgan fingerprint density at radius 2 is 1.88 bits per heavy atom. The number of carbonyl (C=O) groups excluding carboxylic acids is 1. The van der Waals surface area contributed by atoms with E-state index in [-0.39, 0.29) is 19.1 Å². The molecule has 0 aliphatic heterocycles. The molecule has 2 aromatic carbocycles. The Morgan fingerprint density at radius 1 is 1.12 bits per heavy atom. The normalized spacial score (nSPS) is 10.8. The van der Waals surface area contributed by atoms with Crippen LogP contribution in [0.5, 0.6) is 0 Å². The third-order valence-corrected chi connectivity index (χ3v) is 4.14. The van der Waals surface area contributed by atoms with E-state index in [9.17, 15) is 9.90 Å². The van der Waals surface area contributed by atoms with Crippen molar-refractivity contribution in [2.75, 3.05) is 31.6 Å². The predicted molar refractivity (Wildman–Crippen MR) is 98.5 cm³/mol. The van der Waals surface area contributed by atoms with Crippen molar-refractivity contribution in [2.24, 2.45) is 0 Å². The number of hydrogen-bond acceptors (Lipinski definition) is 3. The minimum absolute atomic E-state index is 0.0210. The number of amides is 1. The first-order chi connectivity index (χ1) is 11.6. The number of para-hydroxylation sites is 1. The molecule has 0 heterocycles. The van der Waals surface area contributed by atoms with Crippen LogP contribution in [0.15, 0.2) is 48.5 Å². The number of aliphatic hydroxyl groups excluding tert-OH is 1. The zero-order valence-corrected chi connectivity index (χ0v) is 14.6. The summed E-state index contributed by atoms with van der Waals surface area (Å²) in [5.74, 6) is -0.132. The molecule has 0 saturated heterocycles. The molecule has 0 saturated carbocycles. The van der Waals surface area contributed by atoms with Crippen LogP contribution in [0.2, 0.25) is 5.02 Å². The number of benzene rings is 2. The van der Waals surface area contributed by atoms with E-state index in [1.807, 2.05) is 42.2 Å². The largest absolute Gasteiger partial charge is 0.395 e. The molecular formula is C19H23ClN2O2. The van der Waals surface area contributed by atoms with Crippen LogP contribution in [0.4, 0.5) is 5.69 Å². The number of nitrogens with one attached hydrogen (secondary N) is 1. The molecule has 0 unspecified atom stereocenters. The third-order valence-electron chi connectivity index (χ3n) is 3.83. The first-order valence-corrected chi connectivity index (χ1v) is 8.40. The fourth-order valence-corrected chi connectivity index (χ4v) is 2.78. The molecule has 0 aromatic heterocycles. The van der Waals surface area contributed by atoms with Gasteiger partial charge in [-0.3, -0.25) is 9.69 Å². The number of anilines is 1. The smallest absolute Gasteiger partial charge is 0.238 e. The summed E-state index contributed by atoms with van der Waals surface area (Å²) in [6.07, 6.45) is 0.833. The lowest BCUT2D eigenvalue weighted by molar-refractivity contribution is -0.117. The molecule has 24 heavy (non-hydrogen) atoms. The van der Waals surface area contributed by atoms with Gasteiger partial charge in [-0.05, 0) is 30.5 Å². The Hall–Kier alpha value is -1.88. The summed E-state index contributed by atoms with van der Waals surface area (Å²) in [6.45, 7) is 3.31. The molecule has 0 aliphatic carbocycles. The van der Waals surface area contributed by atoms with Gasteiger partial charge < -0.3 is 10.4 Å². The second-order valence-corrected chi connectivity index (χ2v) is 6.12. The molecule has 128 valence electrons. The minimum atomic E-state index is -0.132. The highest BCUT2D eigenvalue weighted by molar-refractivity contribution is 6.33. The van der Waals surface area contributed by atoms with Gasteiger partial charge in [0.1, 0.15) is 0 Å². The quantitative estimate of drug-likeness (QED) is 0.772. The SMILES string of the molecule is Cc1cccc(Cl)c1NC(=O)CN(CCO)CCc1ccccc1. The number of hydrogen-bond donors (Lipinski definition) is 2. The summed E-state index contributed by atoms with van der Waals surface area (Å²) < 4.78 is 0. The van der Waals surface area contributed by atoms with Crippen molar-refractivity contribution in [3.05, 3.63) is 64.7 Å². The van der Waals surface area contributed by atoms with Crippen LogP contribution in [0, 0.1) is 6.92 Å². The molecule has 5 heteroatoms. The van der Waals surface area contributed by atoms with Gasteiger partial charge in [-0.2, -0.15) is 0 Å². The Bertz CT molecular complexity index is 641. The average Bonchev–Trinajstić information content (AvgIpc) is 2.57. The van der Waals surface area contributed by atoms with Crippen LogP contribution < -0.4 is 5.32 Å². The Morgan fingerprint density at radius 3 is 2.54 bits per heavy atom. The maximum atomic E-state index is 12.3. The van der Waals surface area contributed by atoms with Gasteiger partial charge in [0.15, 0.2) is 0 Å². The number of halogens is 1. The maximum absolute atomic E-state index is 12.3. The van der Waals surface area contributed by atoms with Crippen molar-refractivity contribution in [1.82, 2.24) is 4.90 Å². The topological polar surface area (TPSA) is 52.6 Å². The summed E-state index contributed by atoms with van der Waals surface area (Å²) in [7, 11) is 0. The molecule has 1 amide bonds. The lowest BCUT2D eigenvalue weighted by Gasteiger charge is -2.21. The molecular weight excluding hydrogens is 324 g/mol. The molecule has 0 fully saturated rings. The van der Waals surface area contributed by atoms with Crippen molar-refractivity contribution >= 4 is 23.2 Å². The standard InChI is InChI=1S/C19H23ClN2O2/c1-15-6-5-9-17(20)19(15)21-18(24)14-22(12-13-23)11-10-16-7-3-2-4-8-16/h2-9,23H,10-14H2,1H3,(H,21,24). The van der Waals surface area contributed by atoms with Gasteiger partial charge in [0.25, 0.3) is 0 Å². The van der Waals surface area contributed by atoms with Crippen LogP contribution in [0.25, 0.3) is 0 Å². The molecule has 2 aromatic rings. The molecule has 0 atom stereocenters. The maximum Gasteiger partial charge on any atom is 0.238 e. The van der Waals surface area contributed by atoms with Crippen LogP contribution >= 0.6 is 11.6 Å². The van der Waals surface area contributed by atoms with Gasteiger partial charge in [0, 0.05) is 13.1 Å². The molecule has 2 rings (SSSR count). The van der Waals surface area contributed by atoms with E-state index in [4.69, 9.17) is 11.6 Å². The van der Waals surface area contributed by atoms with Crippen molar-refractivity contribution < 1.29 is 9.90 Å². The molecule has 0 spiro atoms. The second kappa shape index (κ2) is 9.42. The van der Waals surface area contributed by atoms with Crippen molar-refractivity contribution in [2.45, 2.75) is 13.3 Å². The first-order valence-electron chi connectivity index (χ1n) is 8.02. The average molecular weight is 347 g/mol. The highest BCUT2D eigenvalue weighted by atomic mass is 35.5. The number of aliphatic hydroxyl groups is 1. The zero-order chi connectivity index (χ0) is 17.4. The third kappa shape index (κ3) is 5.64. The number of nitrogens with zero attached hydrogens (tertiary/aromatic N) is 1. The Labute approximate surface area is 148 Å². The fourth-order valence-electron chi connectivity index (χ4n) is 2.52. The molecule has 4 nitrogen and oxygen atoms in total. The van der Waals surface area contributed by atoms with E-state index >= 15 is 0 Å². The van der Waals surface area contributed by atoms with E-state index < -0.39 is 0 Å². The van der Waals surface area contributed by atoms with E-state index in [1.165, 1.54) is 5.56 Å². The summed E-state index contributed by atoms with van der Waals surface area (Å²) in [4.78, 5) is 14.3. The lowest BCUT2D eigenvalue weighted by atomic mass is 10.1. The van der Waals surface area contributed by atoms with Gasteiger partial charge in [-0.15, -0.1) is 0 Å². The summed E-state index contributed by atoms with van der Waals surface area (Å²) in [5, 5.41) is 12.6. The zero-order valence-electron chi connectivity index (χ0n) is 13.8. The van der Waals surface area contributed by atoms with Crippen LogP contribution in [0.1, 0.15) is 11.1 Å². The Balaban J connectivity index is 1.93. The monoisotopic (exact) mass is 346 g/mol. The predicted octanol–water partition coefficient (Wildman–Crippen LogP) is 3.12. The first kappa shape index (κ1) is 18.5. The van der Waals surface area contributed by atoms with E-state index in [1.54, 1.807) is 6.07 Å². The second-order valence-electron chi connectivity index (χ2n) is 5.72. The molecule has 0 radical (unpaired) electrons. The molecule has 0 aliphatic rings. The number of rotatable bonds is 8. The minimum Gasteiger partial charge on any atom is -0.395 e. The summed E-state index contributed by atoms with van der Waals surface area (Å²) in [5.41, 5.74) is 2.79. The van der Waals surface area contributed by atoms with Crippen LogP contribution in [0.3, 0.4) is 0 Å². The Kier molecular flexibility index (Phi) is 7.25. The van der Waals surface area contributed by atoms with Crippen molar-refractivity contribution in [3.8, 4) is 0 Å². The van der Waals surface area contributed by atoms with Crippen LogP contribution in [-0.2, 0) is 11.2 Å². The van der Waals surface area contributed by atoms with Gasteiger partial charge in [0.05, 0.1) is 23.9 Å². The number of carbonyl (C=O) groups is 1. The van der Waals surface area contributed by atoms with Crippen LogP contribution in [-0.4, -0.2) is 42.2 Å². The highest BCUT2D eigenvalue weighted by Gasteiger charge is 2.13. The van der Waals surface area contributed by atoms with E-state index in [0.717, 1.165) is 12.0 Å². The van der Waals surface area contributed by atoms with E-state index in [2.05, 4.69) is 17.4 Å². The number of aryl methyl sites for hydroxylation is 1. The summed E-state index contributed by atoms with van der Waals surface area (Å²) >= 11 is 6.14. The molecule has 0 bridgehead atoms. The van der Waals surface area contributed by atoms with Crippen molar-refractivity contribution in [1.29, 1.82) is 0 Å². The molecule has 2 N–H and O–H groups in total. The highest BCUT2D eigenvalue weighted by Crippen LogP contribution is 2.25. The van der Waals surface area contributed by atoms with Gasteiger partial charge in [0.2, 0.25) is 5.91 Å². The fraction of sp³-hybridized carbons (Fsp3) is 0.316. The van der Waals surface area contributed by atoms with Gasteiger partial charge in [-0.25, -0.2) is 0 Å². The summed E-state index contributed by atoms with van der Waals surface area (Å²) in [6, 6.07) is 15.6. The van der Waals surface area contributed by atoms with E-state index in [0.29, 0.717) is 23.8 Å². The van der Waals surface area contributed by atoms with Crippen molar-refractivity contribution in [3.63, 3.8) is 0 Å². The van der Waals surface area contributed by atoms with Gasteiger partial charge >= 0.3 is 0 Å². The van der Waals surface area contributed by atoms with Gasteiger partial charge in [-0.1, -0.05) is 54.1 Å².